The Kier molecular flexibility index (Phi) is 4.65. The Bertz CT molecular complexity index is 487. The summed E-state index contributed by atoms with van der Waals surface area (Å²) in [6, 6.07) is 6.12. The lowest BCUT2D eigenvalue weighted by atomic mass is 10.1. The zero-order valence-electron chi connectivity index (χ0n) is 12.6. The lowest BCUT2D eigenvalue weighted by Crippen LogP contribution is -2.40. The molecule has 2 rings (SSSR count). The molecule has 1 aromatic rings. The number of nitrogens with zero attached hydrogens (tertiary/aromatic N) is 2. The molecule has 110 valence electrons. The maximum Gasteiger partial charge on any atom is 0.337 e. The average molecular weight is 276 g/mol. The van der Waals surface area contributed by atoms with Crippen molar-refractivity contribution in [3.63, 3.8) is 0 Å². The molecule has 4 heteroatoms. The molecule has 1 aromatic carbocycles. The predicted molar refractivity (Wildman–Crippen MR) is 81.7 cm³/mol. The molecule has 1 heterocycles. The monoisotopic (exact) mass is 276 g/mol. The molecule has 1 aliphatic heterocycles. The van der Waals surface area contributed by atoms with Gasteiger partial charge in [0.05, 0.1) is 11.3 Å². The van der Waals surface area contributed by atoms with E-state index in [4.69, 9.17) is 0 Å². The fraction of sp³-hybridized carbons (Fsp3) is 0.562. The lowest BCUT2D eigenvalue weighted by molar-refractivity contribution is 0.0697. The summed E-state index contributed by atoms with van der Waals surface area (Å²) in [6.07, 6.45) is 2.09. The third-order valence-corrected chi connectivity index (χ3v) is 4.07. The van der Waals surface area contributed by atoms with Gasteiger partial charge >= 0.3 is 5.97 Å². The Hall–Kier alpha value is -1.55. The molecule has 0 aromatic heterocycles. The Morgan fingerprint density at radius 2 is 2.15 bits per heavy atom. The zero-order valence-corrected chi connectivity index (χ0v) is 12.6. The van der Waals surface area contributed by atoms with Gasteiger partial charge in [-0.2, -0.15) is 0 Å². The van der Waals surface area contributed by atoms with Gasteiger partial charge in [-0.1, -0.05) is 18.6 Å². The van der Waals surface area contributed by atoms with Crippen LogP contribution in [0.5, 0.6) is 0 Å². The van der Waals surface area contributed by atoms with Crippen molar-refractivity contribution in [2.24, 2.45) is 0 Å². The van der Waals surface area contributed by atoms with Crippen LogP contribution in [0.15, 0.2) is 18.2 Å². The maximum atomic E-state index is 11.5. The minimum atomic E-state index is -0.837. The van der Waals surface area contributed by atoms with E-state index >= 15 is 0 Å². The van der Waals surface area contributed by atoms with Gasteiger partial charge in [0.2, 0.25) is 0 Å². The molecule has 1 aliphatic rings. The normalized spacial score (nSPS) is 20.8. The third-order valence-electron chi connectivity index (χ3n) is 4.07. The van der Waals surface area contributed by atoms with Crippen LogP contribution in [0.4, 0.5) is 5.69 Å². The van der Waals surface area contributed by atoms with Crippen LogP contribution in [0.3, 0.4) is 0 Å². The molecule has 0 spiro atoms. The van der Waals surface area contributed by atoms with Gasteiger partial charge in [-0.3, -0.25) is 0 Å². The number of likely N-dealkylation sites (N-methyl/N-ethyl adjacent to an activating group) is 1. The first kappa shape index (κ1) is 14.9. The molecule has 0 saturated carbocycles. The summed E-state index contributed by atoms with van der Waals surface area (Å²) in [6.45, 7) is 7.09. The SMILES string of the molecule is CCC1CN(C)CCCN1c1ccc(C)cc1C(=O)O. The van der Waals surface area contributed by atoms with Crippen LogP contribution in [0.1, 0.15) is 35.7 Å². The van der Waals surface area contributed by atoms with Gasteiger partial charge in [0.25, 0.3) is 0 Å². The van der Waals surface area contributed by atoms with Crippen LogP contribution < -0.4 is 4.90 Å². The lowest BCUT2D eigenvalue weighted by Gasteiger charge is -2.33. The smallest absolute Gasteiger partial charge is 0.337 e. The van der Waals surface area contributed by atoms with Crippen molar-refractivity contribution in [1.29, 1.82) is 0 Å². The average Bonchev–Trinajstić information content (AvgIpc) is 2.60. The zero-order chi connectivity index (χ0) is 14.7. The number of hydrogen-bond acceptors (Lipinski definition) is 3. The van der Waals surface area contributed by atoms with Crippen LogP contribution >= 0.6 is 0 Å². The molecule has 4 nitrogen and oxygen atoms in total. The van der Waals surface area contributed by atoms with E-state index in [1.54, 1.807) is 6.07 Å². The van der Waals surface area contributed by atoms with Crippen molar-refractivity contribution in [2.75, 3.05) is 31.6 Å². The number of carboxylic acid groups (broad SMARTS) is 1. The molecular formula is C16H24N2O2. The second-order valence-electron chi connectivity index (χ2n) is 5.70. The Morgan fingerprint density at radius 1 is 1.40 bits per heavy atom. The number of aryl methyl sites for hydroxylation is 1. The van der Waals surface area contributed by atoms with E-state index in [1.807, 2.05) is 19.1 Å². The summed E-state index contributed by atoms with van der Waals surface area (Å²) in [5.41, 5.74) is 2.28. The van der Waals surface area contributed by atoms with Gasteiger partial charge in [-0.05, 0) is 45.5 Å². The summed E-state index contributed by atoms with van der Waals surface area (Å²) >= 11 is 0. The number of carbonyl (C=O) groups is 1. The summed E-state index contributed by atoms with van der Waals surface area (Å²) in [5, 5.41) is 9.46. The van der Waals surface area contributed by atoms with E-state index in [0.717, 1.165) is 43.7 Å². The van der Waals surface area contributed by atoms with E-state index < -0.39 is 5.97 Å². The van der Waals surface area contributed by atoms with Gasteiger partial charge < -0.3 is 14.9 Å². The number of hydrogen-bond donors (Lipinski definition) is 1. The minimum Gasteiger partial charge on any atom is -0.478 e. The summed E-state index contributed by atoms with van der Waals surface area (Å²) in [7, 11) is 2.14. The molecule has 0 radical (unpaired) electrons. The van der Waals surface area contributed by atoms with Crippen molar-refractivity contribution >= 4 is 11.7 Å². The van der Waals surface area contributed by atoms with Gasteiger partial charge in [-0.15, -0.1) is 0 Å². The van der Waals surface area contributed by atoms with Crippen LogP contribution in [-0.4, -0.2) is 48.7 Å². The van der Waals surface area contributed by atoms with Gasteiger partial charge in [0.1, 0.15) is 0 Å². The fourth-order valence-electron chi connectivity index (χ4n) is 2.98. The van der Waals surface area contributed by atoms with Crippen molar-refractivity contribution < 1.29 is 9.90 Å². The highest BCUT2D eigenvalue weighted by molar-refractivity contribution is 5.94. The number of aromatic carboxylic acids is 1. The molecular weight excluding hydrogens is 252 g/mol. The summed E-state index contributed by atoms with van der Waals surface area (Å²) < 4.78 is 0. The molecule has 0 aliphatic carbocycles. The summed E-state index contributed by atoms with van der Waals surface area (Å²) in [4.78, 5) is 16.1. The number of carboxylic acids is 1. The largest absolute Gasteiger partial charge is 0.478 e. The van der Waals surface area contributed by atoms with Crippen molar-refractivity contribution in [3.8, 4) is 0 Å². The molecule has 1 atom stereocenters. The number of anilines is 1. The minimum absolute atomic E-state index is 0.378. The Balaban J connectivity index is 2.39. The highest BCUT2D eigenvalue weighted by Crippen LogP contribution is 2.27. The molecule has 1 N–H and O–H groups in total. The van der Waals surface area contributed by atoms with E-state index in [0.29, 0.717) is 11.6 Å². The Morgan fingerprint density at radius 3 is 2.80 bits per heavy atom. The van der Waals surface area contributed by atoms with E-state index in [2.05, 4.69) is 23.8 Å². The van der Waals surface area contributed by atoms with Crippen molar-refractivity contribution in [1.82, 2.24) is 4.90 Å². The van der Waals surface area contributed by atoms with Crippen molar-refractivity contribution in [2.45, 2.75) is 32.7 Å². The molecule has 1 unspecified atom stereocenters. The standard InChI is InChI=1S/C16H24N2O2/c1-4-13-11-17(3)8-5-9-18(13)15-7-6-12(2)10-14(15)16(19)20/h6-7,10,13H,4-5,8-9,11H2,1-3H3,(H,19,20). The third kappa shape index (κ3) is 3.12. The first-order chi connectivity index (χ1) is 9.52. The van der Waals surface area contributed by atoms with Crippen LogP contribution in [0, 0.1) is 6.92 Å². The second-order valence-corrected chi connectivity index (χ2v) is 5.70. The number of benzene rings is 1. The van der Waals surface area contributed by atoms with E-state index in [9.17, 15) is 9.90 Å². The highest BCUT2D eigenvalue weighted by Gasteiger charge is 2.25. The van der Waals surface area contributed by atoms with Crippen LogP contribution in [-0.2, 0) is 0 Å². The van der Waals surface area contributed by atoms with Crippen LogP contribution in [0.2, 0.25) is 0 Å². The molecule has 0 amide bonds. The molecule has 1 saturated heterocycles. The number of rotatable bonds is 3. The highest BCUT2D eigenvalue weighted by atomic mass is 16.4. The predicted octanol–water partition coefficient (Wildman–Crippen LogP) is 2.61. The quantitative estimate of drug-likeness (QED) is 0.921. The fourth-order valence-corrected chi connectivity index (χ4v) is 2.98. The van der Waals surface area contributed by atoms with Gasteiger partial charge in [0, 0.05) is 19.1 Å². The second kappa shape index (κ2) is 6.27. The van der Waals surface area contributed by atoms with Crippen molar-refractivity contribution in [3.05, 3.63) is 29.3 Å². The Labute approximate surface area is 121 Å². The molecule has 1 fully saturated rings. The van der Waals surface area contributed by atoms with Crippen LogP contribution in [0.25, 0.3) is 0 Å². The maximum absolute atomic E-state index is 11.5. The van der Waals surface area contributed by atoms with Gasteiger partial charge in [-0.25, -0.2) is 4.79 Å². The topological polar surface area (TPSA) is 43.8 Å². The first-order valence-corrected chi connectivity index (χ1v) is 7.32. The van der Waals surface area contributed by atoms with Gasteiger partial charge in [0.15, 0.2) is 0 Å². The molecule has 20 heavy (non-hydrogen) atoms. The molecule has 0 bridgehead atoms. The van der Waals surface area contributed by atoms with E-state index in [1.165, 1.54) is 0 Å². The summed E-state index contributed by atoms with van der Waals surface area (Å²) in [5.74, 6) is -0.837. The first-order valence-electron chi connectivity index (χ1n) is 7.32. The van der Waals surface area contributed by atoms with E-state index in [-0.39, 0.29) is 0 Å².